The van der Waals surface area contributed by atoms with Crippen molar-refractivity contribution in [2.45, 2.75) is 32.7 Å². The van der Waals surface area contributed by atoms with Gasteiger partial charge >= 0.3 is 0 Å². The van der Waals surface area contributed by atoms with E-state index in [-0.39, 0.29) is 17.7 Å². The van der Waals surface area contributed by atoms with Crippen LogP contribution in [-0.4, -0.2) is 17.1 Å². The van der Waals surface area contributed by atoms with Crippen molar-refractivity contribution in [1.29, 1.82) is 0 Å². The van der Waals surface area contributed by atoms with Gasteiger partial charge in [-0.05, 0) is 44.2 Å². The van der Waals surface area contributed by atoms with Crippen LogP contribution in [0.25, 0.3) is 0 Å². The van der Waals surface area contributed by atoms with Crippen molar-refractivity contribution in [3.8, 4) is 5.75 Å². The molecule has 0 bridgehead atoms. The third-order valence-electron chi connectivity index (χ3n) is 3.17. The minimum absolute atomic E-state index is 0.0861. The monoisotopic (exact) mass is 219 g/mol. The number of phenolic OH excluding ortho intramolecular Hbond substituents is 1. The molecule has 16 heavy (non-hydrogen) atoms. The smallest absolute Gasteiger partial charge is 0.255 e. The fraction of sp³-hybridized carbons (Fsp3) is 0.462. The van der Waals surface area contributed by atoms with Crippen molar-refractivity contribution in [3.05, 3.63) is 29.3 Å². The van der Waals surface area contributed by atoms with E-state index in [9.17, 15) is 9.90 Å². The highest BCUT2D eigenvalue weighted by molar-refractivity contribution is 5.97. The number of hydrogen-bond acceptors (Lipinski definition) is 2. The molecule has 1 aromatic rings. The van der Waals surface area contributed by atoms with Gasteiger partial charge in [0.15, 0.2) is 0 Å². The maximum absolute atomic E-state index is 11.9. The van der Waals surface area contributed by atoms with E-state index in [4.69, 9.17) is 0 Å². The first-order valence-corrected chi connectivity index (χ1v) is 5.69. The van der Waals surface area contributed by atoms with Crippen molar-refractivity contribution in [1.82, 2.24) is 5.32 Å². The van der Waals surface area contributed by atoms with Crippen LogP contribution < -0.4 is 5.32 Å². The Hall–Kier alpha value is -1.51. The molecule has 0 aliphatic heterocycles. The lowest BCUT2D eigenvalue weighted by Gasteiger charge is -2.13. The molecule has 2 rings (SSSR count). The Morgan fingerprint density at radius 1 is 1.50 bits per heavy atom. The fourth-order valence-corrected chi connectivity index (χ4v) is 1.84. The minimum atomic E-state index is -0.180. The molecule has 1 atom stereocenters. The molecule has 1 unspecified atom stereocenters. The Balaban J connectivity index is 2.10. The zero-order valence-corrected chi connectivity index (χ0v) is 9.66. The number of aryl methyl sites for hydroxylation is 1. The number of carbonyl (C=O) groups is 1. The van der Waals surface area contributed by atoms with E-state index in [0.29, 0.717) is 11.5 Å². The second-order valence-electron chi connectivity index (χ2n) is 4.57. The molecule has 0 saturated heterocycles. The average molecular weight is 219 g/mol. The van der Waals surface area contributed by atoms with Crippen LogP contribution in [0.15, 0.2) is 18.2 Å². The third kappa shape index (κ3) is 2.18. The molecule has 86 valence electrons. The maximum atomic E-state index is 11.9. The van der Waals surface area contributed by atoms with Crippen LogP contribution in [0.3, 0.4) is 0 Å². The van der Waals surface area contributed by atoms with E-state index in [1.54, 1.807) is 25.1 Å². The molecule has 2 N–H and O–H groups in total. The van der Waals surface area contributed by atoms with Gasteiger partial charge in [-0.3, -0.25) is 4.79 Å². The lowest BCUT2D eigenvalue weighted by atomic mass is 10.1. The molecular formula is C13H17NO2. The van der Waals surface area contributed by atoms with E-state index in [0.717, 1.165) is 5.56 Å². The van der Waals surface area contributed by atoms with Gasteiger partial charge in [-0.15, -0.1) is 0 Å². The SMILES string of the molecule is Cc1cccc(C(=O)NC(C)C2CC2)c1O. The molecule has 0 radical (unpaired) electrons. The molecule has 0 heterocycles. The van der Waals surface area contributed by atoms with Crippen LogP contribution in [-0.2, 0) is 0 Å². The van der Waals surface area contributed by atoms with Crippen molar-refractivity contribution in [2.75, 3.05) is 0 Å². The largest absolute Gasteiger partial charge is 0.507 e. The van der Waals surface area contributed by atoms with Crippen LogP contribution >= 0.6 is 0 Å². The van der Waals surface area contributed by atoms with Gasteiger partial charge in [0.2, 0.25) is 0 Å². The number of amides is 1. The summed E-state index contributed by atoms with van der Waals surface area (Å²) in [6.07, 6.45) is 2.39. The van der Waals surface area contributed by atoms with Crippen LogP contribution in [0.5, 0.6) is 5.75 Å². The first-order valence-electron chi connectivity index (χ1n) is 5.69. The highest BCUT2D eigenvalue weighted by atomic mass is 16.3. The predicted octanol–water partition coefficient (Wildman–Crippen LogP) is 2.23. The first kappa shape index (κ1) is 11.0. The van der Waals surface area contributed by atoms with Gasteiger partial charge in [0.05, 0.1) is 5.56 Å². The summed E-state index contributed by atoms with van der Waals surface area (Å²) in [5.74, 6) is 0.527. The van der Waals surface area contributed by atoms with Crippen LogP contribution in [0, 0.1) is 12.8 Å². The highest BCUT2D eigenvalue weighted by Crippen LogP contribution is 2.32. The Morgan fingerprint density at radius 3 is 2.81 bits per heavy atom. The Bertz CT molecular complexity index is 410. The summed E-state index contributed by atoms with van der Waals surface area (Å²) in [6, 6.07) is 5.42. The number of rotatable bonds is 3. The van der Waals surface area contributed by atoms with Gasteiger partial charge < -0.3 is 10.4 Å². The molecule has 0 aromatic heterocycles. The van der Waals surface area contributed by atoms with Crippen LogP contribution in [0.4, 0.5) is 0 Å². The molecule has 1 aromatic carbocycles. The summed E-state index contributed by atoms with van der Waals surface area (Å²) in [7, 11) is 0. The normalized spacial score (nSPS) is 16.9. The van der Waals surface area contributed by atoms with Gasteiger partial charge in [0.25, 0.3) is 5.91 Å². The zero-order chi connectivity index (χ0) is 11.7. The van der Waals surface area contributed by atoms with Gasteiger partial charge in [-0.2, -0.15) is 0 Å². The van der Waals surface area contributed by atoms with Crippen LogP contribution in [0.1, 0.15) is 35.7 Å². The Kier molecular flexibility index (Phi) is 2.86. The molecule has 1 amide bonds. The second-order valence-corrected chi connectivity index (χ2v) is 4.57. The number of phenols is 1. The highest BCUT2D eigenvalue weighted by Gasteiger charge is 2.29. The molecule has 1 aliphatic rings. The van der Waals surface area contributed by atoms with E-state index in [1.165, 1.54) is 12.8 Å². The summed E-state index contributed by atoms with van der Waals surface area (Å²) < 4.78 is 0. The van der Waals surface area contributed by atoms with Crippen LogP contribution in [0.2, 0.25) is 0 Å². The molecule has 1 aliphatic carbocycles. The van der Waals surface area contributed by atoms with Crippen molar-refractivity contribution in [2.24, 2.45) is 5.92 Å². The van der Waals surface area contributed by atoms with E-state index >= 15 is 0 Å². The van der Waals surface area contributed by atoms with E-state index in [2.05, 4.69) is 5.32 Å². The second kappa shape index (κ2) is 4.16. The topological polar surface area (TPSA) is 49.3 Å². The molecular weight excluding hydrogens is 202 g/mol. The molecule has 1 fully saturated rings. The number of aromatic hydroxyl groups is 1. The fourth-order valence-electron chi connectivity index (χ4n) is 1.84. The van der Waals surface area contributed by atoms with Crippen molar-refractivity contribution >= 4 is 5.91 Å². The Labute approximate surface area is 95.5 Å². The number of hydrogen-bond donors (Lipinski definition) is 2. The molecule has 3 heteroatoms. The van der Waals surface area contributed by atoms with Gasteiger partial charge in [-0.25, -0.2) is 0 Å². The number of nitrogens with one attached hydrogen (secondary N) is 1. The van der Waals surface area contributed by atoms with Gasteiger partial charge in [0.1, 0.15) is 5.75 Å². The summed E-state index contributed by atoms with van der Waals surface area (Å²) in [6.45, 7) is 3.80. The maximum Gasteiger partial charge on any atom is 0.255 e. The lowest BCUT2D eigenvalue weighted by Crippen LogP contribution is -2.34. The Morgan fingerprint density at radius 2 is 2.19 bits per heavy atom. The quantitative estimate of drug-likeness (QED) is 0.819. The van der Waals surface area contributed by atoms with Gasteiger partial charge in [-0.1, -0.05) is 12.1 Å². The minimum Gasteiger partial charge on any atom is -0.507 e. The zero-order valence-electron chi connectivity index (χ0n) is 9.66. The standard InChI is InChI=1S/C13H17NO2/c1-8-4-3-5-11(12(8)15)13(16)14-9(2)10-6-7-10/h3-5,9-10,15H,6-7H2,1-2H3,(H,14,16). The first-order chi connectivity index (χ1) is 7.59. The molecule has 1 saturated carbocycles. The van der Waals surface area contributed by atoms with Crippen molar-refractivity contribution in [3.63, 3.8) is 0 Å². The molecule has 3 nitrogen and oxygen atoms in total. The summed E-state index contributed by atoms with van der Waals surface area (Å²) in [4.78, 5) is 11.9. The predicted molar refractivity (Wildman–Crippen MR) is 62.5 cm³/mol. The van der Waals surface area contributed by atoms with Crippen molar-refractivity contribution < 1.29 is 9.90 Å². The van der Waals surface area contributed by atoms with Gasteiger partial charge in [0, 0.05) is 6.04 Å². The summed E-state index contributed by atoms with van der Waals surface area (Å²) in [5.41, 5.74) is 1.10. The van der Waals surface area contributed by atoms with E-state index < -0.39 is 0 Å². The number of para-hydroxylation sites is 1. The summed E-state index contributed by atoms with van der Waals surface area (Å²) >= 11 is 0. The third-order valence-corrected chi connectivity index (χ3v) is 3.17. The number of benzene rings is 1. The number of carbonyl (C=O) groups excluding carboxylic acids is 1. The van der Waals surface area contributed by atoms with E-state index in [1.807, 2.05) is 6.92 Å². The lowest BCUT2D eigenvalue weighted by molar-refractivity contribution is 0.0933. The average Bonchev–Trinajstić information content (AvgIpc) is 3.05. The molecule has 0 spiro atoms. The summed E-state index contributed by atoms with van der Waals surface area (Å²) in [5, 5.41) is 12.7.